The number of benzene rings is 1. The lowest BCUT2D eigenvalue weighted by Crippen LogP contribution is -2.30. The molecule has 1 saturated carbocycles. The summed E-state index contributed by atoms with van der Waals surface area (Å²) in [4.78, 5) is 23.6. The van der Waals surface area contributed by atoms with Crippen molar-refractivity contribution in [3.8, 4) is 5.75 Å². The molecule has 1 aromatic rings. The Bertz CT molecular complexity index is 780. The van der Waals surface area contributed by atoms with Crippen LogP contribution < -0.4 is 10.5 Å². The van der Waals surface area contributed by atoms with Gasteiger partial charge in [-0.1, -0.05) is 48.4 Å². The summed E-state index contributed by atoms with van der Waals surface area (Å²) >= 11 is 7.08. The van der Waals surface area contributed by atoms with Crippen molar-refractivity contribution in [2.24, 2.45) is 11.7 Å². The Hall–Kier alpha value is -1.54. The fourth-order valence-electron chi connectivity index (χ4n) is 3.41. The van der Waals surface area contributed by atoms with Crippen molar-refractivity contribution in [2.45, 2.75) is 55.4 Å². The van der Waals surface area contributed by atoms with Crippen LogP contribution in [0.5, 0.6) is 5.75 Å². The van der Waals surface area contributed by atoms with Crippen LogP contribution in [0.15, 0.2) is 36.4 Å². The Labute approximate surface area is 186 Å². The van der Waals surface area contributed by atoms with Crippen molar-refractivity contribution in [3.05, 3.63) is 41.4 Å². The second-order valence-corrected chi connectivity index (χ2v) is 9.49. The smallest absolute Gasteiger partial charge is 0.320 e. The number of ether oxygens (including phenoxy) is 2. The predicted molar refractivity (Wildman–Crippen MR) is 118 cm³/mol. The third-order valence-corrected chi connectivity index (χ3v) is 7.30. The Kier molecular flexibility index (Phi) is 7.85. The van der Waals surface area contributed by atoms with E-state index in [0.717, 1.165) is 43.4 Å². The largest absolute Gasteiger partial charge is 0.494 e. The van der Waals surface area contributed by atoms with E-state index in [4.69, 9.17) is 31.9 Å². The summed E-state index contributed by atoms with van der Waals surface area (Å²) in [5, 5.41) is 9.63. The van der Waals surface area contributed by atoms with Crippen LogP contribution in [0.2, 0.25) is 5.02 Å². The van der Waals surface area contributed by atoms with Crippen molar-refractivity contribution in [1.29, 1.82) is 0 Å². The van der Waals surface area contributed by atoms with E-state index in [0.29, 0.717) is 24.7 Å². The number of epoxide rings is 1. The van der Waals surface area contributed by atoms with Gasteiger partial charge in [0.25, 0.3) is 0 Å². The molecule has 0 amide bonds. The highest BCUT2D eigenvalue weighted by Crippen LogP contribution is 2.52. The number of carboxylic acid groups (broad SMARTS) is 1. The third kappa shape index (κ3) is 6.23. The maximum Gasteiger partial charge on any atom is 0.320 e. The number of nitrogens with two attached hydrogens (primary N) is 1. The van der Waals surface area contributed by atoms with Gasteiger partial charge in [-0.05, 0) is 55.9 Å². The van der Waals surface area contributed by atoms with Gasteiger partial charge in [-0.15, -0.1) is 0 Å². The van der Waals surface area contributed by atoms with Crippen molar-refractivity contribution in [1.82, 2.24) is 0 Å². The molecule has 6 nitrogen and oxygen atoms in total. The molecular formula is C22H28ClNO5S. The minimum absolute atomic E-state index is 0.00138. The van der Waals surface area contributed by atoms with Crippen LogP contribution in [0.3, 0.4) is 0 Å². The molecule has 0 aromatic heterocycles. The zero-order valence-corrected chi connectivity index (χ0v) is 18.4. The van der Waals surface area contributed by atoms with E-state index in [9.17, 15) is 9.59 Å². The molecule has 0 spiro atoms. The number of halogens is 1. The number of hydrogen-bond acceptors (Lipinski definition) is 6. The topological polar surface area (TPSA) is 102 Å². The lowest BCUT2D eigenvalue weighted by Gasteiger charge is -2.10. The molecule has 2 aliphatic rings. The molecule has 1 saturated heterocycles. The van der Waals surface area contributed by atoms with Crippen LogP contribution in [0, 0.1) is 5.92 Å². The van der Waals surface area contributed by atoms with Gasteiger partial charge in [-0.3, -0.25) is 9.59 Å². The SMILES string of the molecule is C=C1C(CC(N)C(=O)O)C1SC(=O)C1(CCCCCCOc2ccc(Cl)cc2)CO1. The lowest BCUT2D eigenvalue weighted by molar-refractivity contribution is -0.138. The van der Waals surface area contributed by atoms with E-state index in [1.165, 1.54) is 11.8 Å². The lowest BCUT2D eigenvalue weighted by atomic mass is 10.0. The van der Waals surface area contributed by atoms with E-state index >= 15 is 0 Å². The molecule has 164 valence electrons. The van der Waals surface area contributed by atoms with Crippen LogP contribution >= 0.6 is 23.4 Å². The zero-order chi connectivity index (χ0) is 21.7. The van der Waals surface area contributed by atoms with E-state index in [-0.39, 0.29) is 16.3 Å². The fourth-order valence-corrected chi connectivity index (χ4v) is 4.90. The van der Waals surface area contributed by atoms with Gasteiger partial charge >= 0.3 is 5.97 Å². The highest BCUT2D eigenvalue weighted by Gasteiger charge is 2.55. The van der Waals surface area contributed by atoms with Crippen molar-refractivity contribution >= 4 is 34.4 Å². The Morgan fingerprint density at radius 1 is 1.30 bits per heavy atom. The highest BCUT2D eigenvalue weighted by molar-refractivity contribution is 8.14. The monoisotopic (exact) mass is 453 g/mol. The Balaban J connectivity index is 1.28. The second kappa shape index (κ2) is 10.2. The van der Waals surface area contributed by atoms with Gasteiger partial charge in [0.1, 0.15) is 11.8 Å². The molecule has 4 unspecified atom stereocenters. The van der Waals surface area contributed by atoms with Crippen molar-refractivity contribution in [2.75, 3.05) is 13.2 Å². The maximum atomic E-state index is 12.7. The van der Waals surface area contributed by atoms with E-state index < -0.39 is 17.6 Å². The van der Waals surface area contributed by atoms with Crippen LogP contribution in [-0.2, 0) is 14.3 Å². The average Bonchev–Trinajstić information content (AvgIpc) is 3.62. The highest BCUT2D eigenvalue weighted by atomic mass is 35.5. The molecule has 4 atom stereocenters. The van der Waals surface area contributed by atoms with Gasteiger partial charge in [0.05, 0.1) is 13.2 Å². The van der Waals surface area contributed by atoms with Crippen molar-refractivity contribution in [3.63, 3.8) is 0 Å². The van der Waals surface area contributed by atoms with Crippen LogP contribution in [0.4, 0.5) is 0 Å². The van der Waals surface area contributed by atoms with Gasteiger partial charge in [0.15, 0.2) is 5.60 Å². The van der Waals surface area contributed by atoms with E-state index in [2.05, 4.69) is 6.58 Å². The normalized spacial score (nSPS) is 25.6. The first-order valence-electron chi connectivity index (χ1n) is 10.2. The molecule has 1 aliphatic heterocycles. The predicted octanol–water partition coefficient (Wildman–Crippen LogP) is 4.05. The standard InChI is InChI=1S/C22H28ClNO5S/c1-14-17(12-18(24)20(25)26)19(14)30-21(27)22(13-29-22)10-4-2-3-5-11-28-16-8-6-15(23)7-9-16/h6-9,17-19H,1-5,10-13,24H2,(H,25,26). The van der Waals surface area contributed by atoms with Gasteiger partial charge < -0.3 is 20.3 Å². The molecule has 0 radical (unpaired) electrons. The van der Waals surface area contributed by atoms with Gasteiger partial charge in [0.2, 0.25) is 5.12 Å². The quantitative estimate of drug-likeness (QED) is 0.264. The van der Waals surface area contributed by atoms with Crippen molar-refractivity contribution < 1.29 is 24.2 Å². The van der Waals surface area contributed by atoms with Gasteiger partial charge in [0, 0.05) is 10.3 Å². The van der Waals surface area contributed by atoms with Crippen LogP contribution in [-0.4, -0.2) is 46.3 Å². The number of thioether (sulfide) groups is 1. The zero-order valence-electron chi connectivity index (χ0n) is 16.8. The van der Waals surface area contributed by atoms with E-state index in [1.54, 1.807) is 12.1 Å². The molecule has 1 aliphatic carbocycles. The summed E-state index contributed by atoms with van der Waals surface area (Å²) in [7, 11) is 0. The maximum absolute atomic E-state index is 12.7. The Morgan fingerprint density at radius 3 is 2.60 bits per heavy atom. The molecular weight excluding hydrogens is 426 g/mol. The Morgan fingerprint density at radius 2 is 1.97 bits per heavy atom. The summed E-state index contributed by atoms with van der Waals surface area (Å²) in [5.74, 6) is -0.205. The number of hydrogen-bond donors (Lipinski definition) is 2. The van der Waals surface area contributed by atoms with Gasteiger partial charge in [-0.25, -0.2) is 0 Å². The molecule has 1 heterocycles. The number of aliphatic carboxylic acids is 1. The summed E-state index contributed by atoms with van der Waals surface area (Å²) < 4.78 is 11.2. The second-order valence-electron chi connectivity index (χ2n) is 7.94. The number of rotatable bonds is 13. The minimum Gasteiger partial charge on any atom is -0.494 e. The van der Waals surface area contributed by atoms with Crippen LogP contribution in [0.1, 0.15) is 38.5 Å². The molecule has 0 bridgehead atoms. The van der Waals surface area contributed by atoms with Crippen LogP contribution in [0.25, 0.3) is 0 Å². The minimum atomic E-state index is -1.02. The summed E-state index contributed by atoms with van der Waals surface area (Å²) in [6.45, 7) is 5.07. The third-order valence-electron chi connectivity index (χ3n) is 5.58. The summed E-state index contributed by atoms with van der Waals surface area (Å²) in [6.07, 6.45) is 4.96. The number of carbonyl (C=O) groups excluding carboxylic acids is 1. The average molecular weight is 454 g/mol. The molecule has 8 heteroatoms. The number of carbonyl (C=O) groups is 2. The molecule has 3 N–H and O–H groups in total. The molecule has 1 aromatic carbocycles. The molecule has 3 rings (SSSR count). The molecule has 30 heavy (non-hydrogen) atoms. The number of unbranched alkanes of at least 4 members (excludes halogenated alkanes) is 3. The van der Waals surface area contributed by atoms with E-state index in [1.807, 2.05) is 12.1 Å². The first kappa shape index (κ1) is 23.1. The summed E-state index contributed by atoms with van der Waals surface area (Å²) in [6, 6.07) is 6.41. The van der Waals surface area contributed by atoms with Gasteiger partial charge in [-0.2, -0.15) is 0 Å². The fraction of sp³-hybridized carbons (Fsp3) is 0.545. The molecule has 2 fully saturated rings. The summed E-state index contributed by atoms with van der Waals surface area (Å²) in [5.41, 5.74) is 5.84. The first-order valence-corrected chi connectivity index (χ1v) is 11.5. The first-order chi connectivity index (χ1) is 14.3. The number of carboxylic acids is 1.